The molecule has 6 nitrogen and oxygen atoms in total. The lowest BCUT2D eigenvalue weighted by atomic mass is 10.2. The van der Waals surface area contributed by atoms with E-state index in [2.05, 4.69) is 22.2 Å². The summed E-state index contributed by atoms with van der Waals surface area (Å²) in [5, 5.41) is 11.3. The van der Waals surface area contributed by atoms with Gasteiger partial charge in [0.15, 0.2) is 5.69 Å². The fourth-order valence-corrected chi connectivity index (χ4v) is 2.94. The summed E-state index contributed by atoms with van der Waals surface area (Å²) >= 11 is 0. The Morgan fingerprint density at radius 2 is 2.04 bits per heavy atom. The third kappa shape index (κ3) is 3.74. The van der Waals surface area contributed by atoms with Crippen molar-refractivity contribution in [2.24, 2.45) is 0 Å². The van der Waals surface area contributed by atoms with Crippen LogP contribution in [0.4, 0.5) is 5.69 Å². The van der Waals surface area contributed by atoms with Crippen molar-refractivity contribution in [2.75, 3.05) is 11.9 Å². The summed E-state index contributed by atoms with van der Waals surface area (Å²) in [6.07, 6.45) is 3.77. The highest BCUT2D eigenvalue weighted by Crippen LogP contribution is 2.42. The Hall–Kier alpha value is -3.41. The fraction of sp³-hybridized carbons (Fsp3) is 0.190. The Morgan fingerprint density at radius 1 is 1.22 bits per heavy atom. The first-order chi connectivity index (χ1) is 13.3. The van der Waals surface area contributed by atoms with Crippen molar-refractivity contribution in [3.8, 4) is 11.4 Å². The largest absolute Gasteiger partial charge is 0.489 e. The first kappa shape index (κ1) is 17.0. The van der Waals surface area contributed by atoms with Gasteiger partial charge in [0, 0.05) is 17.7 Å². The molecule has 1 aromatic heterocycles. The number of carbonyl (C=O) groups is 1. The van der Waals surface area contributed by atoms with Crippen molar-refractivity contribution in [2.45, 2.75) is 18.8 Å². The molecule has 136 valence electrons. The molecule has 0 unspecified atom stereocenters. The van der Waals surface area contributed by atoms with Crippen molar-refractivity contribution in [3.63, 3.8) is 0 Å². The number of hydrogen-bond donors (Lipinski definition) is 1. The SMILES string of the molecule is C=CCOc1cccc(NC(=O)c2nnn(-c3ccccc3)c2C2CC2)c1. The summed E-state index contributed by atoms with van der Waals surface area (Å²) < 4.78 is 7.29. The van der Waals surface area contributed by atoms with Crippen LogP contribution in [-0.2, 0) is 0 Å². The molecule has 0 saturated heterocycles. The average Bonchev–Trinajstić information content (AvgIpc) is 3.45. The number of anilines is 1. The van der Waals surface area contributed by atoms with Gasteiger partial charge in [-0.2, -0.15) is 0 Å². The molecule has 1 fully saturated rings. The van der Waals surface area contributed by atoms with E-state index in [1.54, 1.807) is 16.8 Å². The number of para-hydroxylation sites is 1. The Kier molecular flexibility index (Phi) is 4.70. The van der Waals surface area contributed by atoms with Crippen LogP contribution >= 0.6 is 0 Å². The summed E-state index contributed by atoms with van der Waals surface area (Å²) in [6.45, 7) is 4.04. The van der Waals surface area contributed by atoms with Crippen molar-refractivity contribution in [3.05, 3.63) is 78.6 Å². The van der Waals surface area contributed by atoms with Gasteiger partial charge in [-0.05, 0) is 37.1 Å². The quantitative estimate of drug-likeness (QED) is 0.648. The number of nitrogens with zero attached hydrogens (tertiary/aromatic N) is 3. The predicted octanol–water partition coefficient (Wildman–Crippen LogP) is 3.96. The molecule has 4 rings (SSSR count). The highest BCUT2D eigenvalue weighted by Gasteiger charge is 2.34. The van der Waals surface area contributed by atoms with E-state index in [0.717, 1.165) is 24.2 Å². The molecule has 1 amide bonds. The molecule has 1 N–H and O–H groups in total. The van der Waals surface area contributed by atoms with Crippen LogP contribution in [-0.4, -0.2) is 27.5 Å². The number of nitrogens with one attached hydrogen (secondary N) is 1. The summed E-state index contributed by atoms with van der Waals surface area (Å²) in [6, 6.07) is 17.0. The second-order valence-electron chi connectivity index (χ2n) is 6.43. The molecule has 0 bridgehead atoms. The van der Waals surface area contributed by atoms with Crippen LogP contribution in [0.1, 0.15) is 34.9 Å². The van der Waals surface area contributed by atoms with E-state index in [1.807, 2.05) is 48.5 Å². The molecule has 1 aliphatic rings. The van der Waals surface area contributed by atoms with Crippen LogP contribution in [0.2, 0.25) is 0 Å². The number of carbonyl (C=O) groups excluding carboxylic acids is 1. The van der Waals surface area contributed by atoms with E-state index in [0.29, 0.717) is 29.7 Å². The van der Waals surface area contributed by atoms with Gasteiger partial charge in [0.2, 0.25) is 0 Å². The Bertz CT molecular complexity index is 961. The topological polar surface area (TPSA) is 69.0 Å². The van der Waals surface area contributed by atoms with Gasteiger partial charge < -0.3 is 10.1 Å². The van der Waals surface area contributed by atoms with Crippen molar-refractivity contribution in [1.29, 1.82) is 0 Å². The maximum atomic E-state index is 12.9. The normalized spacial score (nSPS) is 13.2. The molecule has 27 heavy (non-hydrogen) atoms. The lowest BCUT2D eigenvalue weighted by Crippen LogP contribution is -2.15. The van der Waals surface area contributed by atoms with Gasteiger partial charge in [-0.15, -0.1) is 5.10 Å². The lowest BCUT2D eigenvalue weighted by molar-refractivity contribution is 0.102. The summed E-state index contributed by atoms with van der Waals surface area (Å²) in [7, 11) is 0. The minimum Gasteiger partial charge on any atom is -0.489 e. The summed E-state index contributed by atoms with van der Waals surface area (Å²) in [4.78, 5) is 12.9. The minimum atomic E-state index is -0.264. The highest BCUT2D eigenvalue weighted by molar-refractivity contribution is 6.03. The molecule has 0 aliphatic heterocycles. The summed E-state index contributed by atoms with van der Waals surface area (Å²) in [5.74, 6) is 0.728. The number of amides is 1. The maximum absolute atomic E-state index is 12.9. The molecule has 0 atom stereocenters. The number of hydrogen-bond acceptors (Lipinski definition) is 4. The van der Waals surface area contributed by atoms with Crippen LogP contribution in [0.15, 0.2) is 67.3 Å². The maximum Gasteiger partial charge on any atom is 0.278 e. The second-order valence-corrected chi connectivity index (χ2v) is 6.43. The van der Waals surface area contributed by atoms with Crippen LogP contribution in [0.3, 0.4) is 0 Å². The first-order valence-corrected chi connectivity index (χ1v) is 8.92. The van der Waals surface area contributed by atoms with Crippen LogP contribution in [0, 0.1) is 0 Å². The van der Waals surface area contributed by atoms with E-state index < -0.39 is 0 Å². The molecule has 6 heteroatoms. The Balaban J connectivity index is 1.59. The number of aromatic nitrogens is 3. The summed E-state index contributed by atoms with van der Waals surface area (Å²) in [5.41, 5.74) is 2.81. The van der Waals surface area contributed by atoms with Crippen molar-refractivity contribution < 1.29 is 9.53 Å². The van der Waals surface area contributed by atoms with E-state index in [9.17, 15) is 4.79 Å². The van der Waals surface area contributed by atoms with Gasteiger partial charge in [0.05, 0.1) is 11.4 Å². The smallest absolute Gasteiger partial charge is 0.278 e. The van der Waals surface area contributed by atoms with Gasteiger partial charge in [-0.3, -0.25) is 4.79 Å². The predicted molar refractivity (Wildman–Crippen MR) is 103 cm³/mol. The Labute approximate surface area is 157 Å². The van der Waals surface area contributed by atoms with E-state index in [1.165, 1.54) is 0 Å². The molecule has 2 aromatic carbocycles. The van der Waals surface area contributed by atoms with Crippen molar-refractivity contribution in [1.82, 2.24) is 15.0 Å². The number of benzene rings is 2. The highest BCUT2D eigenvalue weighted by atomic mass is 16.5. The van der Waals surface area contributed by atoms with Gasteiger partial charge in [-0.25, -0.2) is 4.68 Å². The third-order valence-electron chi connectivity index (χ3n) is 4.34. The van der Waals surface area contributed by atoms with Gasteiger partial charge in [0.25, 0.3) is 5.91 Å². The monoisotopic (exact) mass is 360 g/mol. The van der Waals surface area contributed by atoms with E-state index in [4.69, 9.17) is 4.74 Å². The standard InChI is InChI=1S/C21H20N4O2/c1-2-13-27-18-10-6-7-16(14-18)22-21(26)19-20(15-11-12-15)25(24-23-19)17-8-4-3-5-9-17/h2-10,14-15H,1,11-13H2,(H,22,26). The van der Waals surface area contributed by atoms with Crippen LogP contribution in [0.25, 0.3) is 5.69 Å². The first-order valence-electron chi connectivity index (χ1n) is 8.92. The third-order valence-corrected chi connectivity index (χ3v) is 4.34. The molecular formula is C21H20N4O2. The zero-order valence-corrected chi connectivity index (χ0v) is 14.8. The number of rotatable bonds is 7. The minimum absolute atomic E-state index is 0.264. The van der Waals surface area contributed by atoms with Gasteiger partial charge in [-0.1, -0.05) is 42.1 Å². The second kappa shape index (κ2) is 7.45. The zero-order chi connectivity index (χ0) is 18.6. The van der Waals surface area contributed by atoms with E-state index >= 15 is 0 Å². The molecular weight excluding hydrogens is 340 g/mol. The molecule has 1 heterocycles. The molecule has 0 spiro atoms. The van der Waals surface area contributed by atoms with Gasteiger partial charge in [0.1, 0.15) is 12.4 Å². The lowest BCUT2D eigenvalue weighted by Gasteiger charge is -2.09. The van der Waals surface area contributed by atoms with E-state index in [-0.39, 0.29) is 5.91 Å². The zero-order valence-electron chi connectivity index (χ0n) is 14.8. The van der Waals surface area contributed by atoms with Crippen molar-refractivity contribution >= 4 is 11.6 Å². The molecule has 1 aliphatic carbocycles. The van der Waals surface area contributed by atoms with Gasteiger partial charge >= 0.3 is 0 Å². The molecule has 3 aromatic rings. The number of ether oxygens (including phenoxy) is 1. The molecule has 1 saturated carbocycles. The fourth-order valence-electron chi connectivity index (χ4n) is 2.94. The van der Waals surface area contributed by atoms with Crippen LogP contribution in [0.5, 0.6) is 5.75 Å². The average molecular weight is 360 g/mol. The molecule has 0 radical (unpaired) electrons. The Morgan fingerprint density at radius 3 is 2.78 bits per heavy atom. The van der Waals surface area contributed by atoms with Crippen LogP contribution < -0.4 is 10.1 Å².